The van der Waals surface area contributed by atoms with Crippen molar-refractivity contribution < 1.29 is 0 Å². The van der Waals surface area contributed by atoms with Crippen LogP contribution in [0, 0.1) is 0 Å². The van der Waals surface area contributed by atoms with Crippen molar-refractivity contribution in [3.8, 4) is 0 Å². The Morgan fingerprint density at radius 1 is 0.840 bits per heavy atom. The van der Waals surface area contributed by atoms with E-state index >= 15 is 0 Å². The molecule has 1 fully saturated rings. The fourth-order valence-electron chi connectivity index (χ4n) is 3.24. The molecule has 0 saturated carbocycles. The molecule has 0 amide bonds. The van der Waals surface area contributed by atoms with Crippen molar-refractivity contribution in [2.75, 3.05) is 22.9 Å². The van der Waals surface area contributed by atoms with E-state index in [0.717, 1.165) is 37.1 Å². The molecular weight excluding hydrogens is 308 g/mol. The summed E-state index contributed by atoms with van der Waals surface area (Å²) in [5.74, 6) is 1.77. The van der Waals surface area contributed by atoms with Gasteiger partial charge in [0.1, 0.15) is 5.82 Å². The van der Waals surface area contributed by atoms with Gasteiger partial charge in [-0.3, -0.25) is 0 Å². The van der Waals surface area contributed by atoms with Gasteiger partial charge >= 0.3 is 0 Å². The van der Waals surface area contributed by atoms with Crippen molar-refractivity contribution in [2.24, 2.45) is 0 Å². The molecule has 3 aromatic rings. The van der Waals surface area contributed by atoms with Gasteiger partial charge < -0.3 is 9.80 Å². The molecule has 4 rings (SSSR count). The van der Waals surface area contributed by atoms with Crippen LogP contribution >= 0.6 is 0 Å². The average Bonchev–Trinajstić information content (AvgIpc) is 3.23. The Morgan fingerprint density at radius 3 is 2.24 bits per heavy atom. The van der Waals surface area contributed by atoms with Crippen LogP contribution in [0.2, 0.25) is 0 Å². The standard InChI is InChI=1S/C21H22N4/c1-3-9-18(10-4-1)17-25(19-11-5-2-6-12-19)21-22-14-13-20(23-21)24-15-7-8-16-24/h1-6,9-14H,7-8,15-17H2. The fourth-order valence-corrected chi connectivity index (χ4v) is 3.24. The summed E-state index contributed by atoms with van der Waals surface area (Å²) in [5.41, 5.74) is 2.34. The second kappa shape index (κ2) is 7.34. The van der Waals surface area contributed by atoms with E-state index in [1.54, 1.807) is 0 Å². The van der Waals surface area contributed by atoms with Crippen LogP contribution in [0.25, 0.3) is 0 Å². The number of benzene rings is 2. The Balaban J connectivity index is 1.69. The zero-order valence-electron chi connectivity index (χ0n) is 14.3. The molecule has 0 spiro atoms. The van der Waals surface area contributed by atoms with Gasteiger partial charge in [0, 0.05) is 25.0 Å². The van der Waals surface area contributed by atoms with Gasteiger partial charge in [-0.2, -0.15) is 4.98 Å². The lowest BCUT2D eigenvalue weighted by Crippen LogP contribution is -2.23. The van der Waals surface area contributed by atoms with Crippen molar-refractivity contribution >= 4 is 17.5 Å². The normalized spacial score (nSPS) is 13.8. The van der Waals surface area contributed by atoms with Crippen LogP contribution in [-0.4, -0.2) is 23.1 Å². The van der Waals surface area contributed by atoms with Crippen molar-refractivity contribution in [1.29, 1.82) is 0 Å². The quantitative estimate of drug-likeness (QED) is 0.693. The van der Waals surface area contributed by atoms with E-state index in [-0.39, 0.29) is 0 Å². The molecule has 1 aromatic heterocycles. The van der Waals surface area contributed by atoms with Gasteiger partial charge in [0.05, 0.1) is 6.54 Å². The lowest BCUT2D eigenvalue weighted by Gasteiger charge is -2.24. The van der Waals surface area contributed by atoms with Crippen molar-refractivity contribution in [3.05, 3.63) is 78.5 Å². The molecule has 4 heteroatoms. The molecule has 1 aliphatic heterocycles. The Labute approximate surface area is 148 Å². The number of para-hydroxylation sites is 1. The SMILES string of the molecule is c1ccc(CN(c2ccccc2)c2nccc(N3CCCC3)n2)cc1. The third kappa shape index (κ3) is 3.63. The number of aromatic nitrogens is 2. The second-order valence-electron chi connectivity index (χ2n) is 6.32. The first-order valence-corrected chi connectivity index (χ1v) is 8.85. The molecule has 4 nitrogen and oxygen atoms in total. The van der Waals surface area contributed by atoms with Crippen LogP contribution in [0.5, 0.6) is 0 Å². The van der Waals surface area contributed by atoms with Crippen LogP contribution in [-0.2, 0) is 6.54 Å². The molecule has 126 valence electrons. The summed E-state index contributed by atoms with van der Waals surface area (Å²) in [6, 6.07) is 22.8. The maximum atomic E-state index is 4.87. The minimum Gasteiger partial charge on any atom is -0.356 e. The van der Waals surface area contributed by atoms with Crippen LogP contribution < -0.4 is 9.80 Å². The molecule has 0 radical (unpaired) electrons. The molecule has 0 bridgehead atoms. The summed E-state index contributed by atoms with van der Waals surface area (Å²) in [5, 5.41) is 0. The Bertz CT molecular complexity index is 798. The largest absolute Gasteiger partial charge is 0.356 e. The predicted octanol–water partition coefficient (Wildman–Crippen LogP) is 4.42. The van der Waals surface area contributed by atoms with Gasteiger partial charge in [0.15, 0.2) is 0 Å². The molecule has 1 aliphatic rings. The minimum absolute atomic E-state index is 0.744. The van der Waals surface area contributed by atoms with Crippen molar-refractivity contribution in [1.82, 2.24) is 9.97 Å². The zero-order chi connectivity index (χ0) is 16.9. The van der Waals surface area contributed by atoms with Crippen LogP contribution in [0.1, 0.15) is 18.4 Å². The van der Waals surface area contributed by atoms with Gasteiger partial charge in [0.25, 0.3) is 0 Å². The fraction of sp³-hybridized carbons (Fsp3) is 0.238. The number of nitrogens with zero attached hydrogens (tertiary/aromatic N) is 4. The van der Waals surface area contributed by atoms with Crippen molar-refractivity contribution in [2.45, 2.75) is 19.4 Å². The lowest BCUT2D eigenvalue weighted by atomic mass is 10.2. The van der Waals surface area contributed by atoms with Gasteiger partial charge in [-0.1, -0.05) is 48.5 Å². The minimum atomic E-state index is 0.744. The maximum absolute atomic E-state index is 4.87. The van der Waals surface area contributed by atoms with E-state index in [0.29, 0.717) is 0 Å². The third-order valence-electron chi connectivity index (χ3n) is 4.55. The van der Waals surface area contributed by atoms with Gasteiger partial charge in [0.2, 0.25) is 5.95 Å². The summed E-state index contributed by atoms with van der Waals surface area (Å²) in [6.45, 7) is 2.91. The molecule has 25 heavy (non-hydrogen) atoms. The van der Waals surface area contributed by atoms with Crippen LogP contribution in [0.4, 0.5) is 17.5 Å². The predicted molar refractivity (Wildman–Crippen MR) is 102 cm³/mol. The topological polar surface area (TPSA) is 32.3 Å². The second-order valence-corrected chi connectivity index (χ2v) is 6.32. The highest BCUT2D eigenvalue weighted by molar-refractivity contribution is 5.59. The van der Waals surface area contributed by atoms with E-state index < -0.39 is 0 Å². The molecular formula is C21H22N4. The van der Waals surface area contributed by atoms with E-state index in [1.165, 1.54) is 18.4 Å². The highest BCUT2D eigenvalue weighted by Crippen LogP contribution is 2.26. The highest BCUT2D eigenvalue weighted by Gasteiger charge is 2.17. The van der Waals surface area contributed by atoms with Crippen LogP contribution in [0.3, 0.4) is 0 Å². The highest BCUT2D eigenvalue weighted by atomic mass is 15.3. The zero-order valence-corrected chi connectivity index (χ0v) is 14.3. The molecule has 2 heterocycles. The summed E-state index contributed by atoms with van der Waals surface area (Å²) in [4.78, 5) is 14.0. The van der Waals surface area contributed by atoms with E-state index in [9.17, 15) is 0 Å². The first-order valence-electron chi connectivity index (χ1n) is 8.85. The number of anilines is 3. The molecule has 0 atom stereocenters. The van der Waals surface area contributed by atoms with E-state index in [1.807, 2.05) is 24.4 Å². The summed E-state index contributed by atoms with van der Waals surface area (Å²) < 4.78 is 0. The lowest BCUT2D eigenvalue weighted by molar-refractivity contribution is 0.881. The third-order valence-corrected chi connectivity index (χ3v) is 4.55. The number of hydrogen-bond donors (Lipinski definition) is 0. The molecule has 1 saturated heterocycles. The van der Waals surface area contributed by atoms with Gasteiger partial charge in [-0.05, 0) is 36.6 Å². The maximum Gasteiger partial charge on any atom is 0.232 e. The summed E-state index contributed by atoms with van der Waals surface area (Å²) in [6.07, 6.45) is 4.36. The summed E-state index contributed by atoms with van der Waals surface area (Å²) in [7, 11) is 0. The van der Waals surface area contributed by atoms with Gasteiger partial charge in [-0.25, -0.2) is 4.98 Å². The number of hydrogen-bond acceptors (Lipinski definition) is 4. The monoisotopic (exact) mass is 330 g/mol. The van der Waals surface area contributed by atoms with E-state index in [2.05, 4.69) is 63.3 Å². The first-order chi connectivity index (χ1) is 12.4. The Hall–Kier alpha value is -2.88. The smallest absolute Gasteiger partial charge is 0.232 e. The Morgan fingerprint density at radius 2 is 1.52 bits per heavy atom. The molecule has 0 aliphatic carbocycles. The number of rotatable bonds is 5. The molecule has 0 unspecified atom stereocenters. The first kappa shape index (κ1) is 15.6. The van der Waals surface area contributed by atoms with Crippen molar-refractivity contribution in [3.63, 3.8) is 0 Å². The van der Waals surface area contributed by atoms with E-state index in [4.69, 9.17) is 4.98 Å². The van der Waals surface area contributed by atoms with Gasteiger partial charge in [-0.15, -0.1) is 0 Å². The van der Waals surface area contributed by atoms with Crippen LogP contribution in [0.15, 0.2) is 72.9 Å². The Kier molecular flexibility index (Phi) is 4.59. The molecule has 0 N–H and O–H groups in total. The average molecular weight is 330 g/mol. The molecule has 2 aromatic carbocycles. The summed E-state index contributed by atoms with van der Waals surface area (Å²) >= 11 is 0.